The Morgan fingerprint density at radius 2 is 2.05 bits per heavy atom. The largest absolute Gasteiger partial charge is 0.481 e. The van der Waals surface area contributed by atoms with Gasteiger partial charge in [0, 0.05) is 19.2 Å². The highest BCUT2D eigenvalue weighted by Crippen LogP contribution is 2.64. The average Bonchev–Trinajstić information content (AvgIpc) is 2.43. The molecular formula is C11H19O7PS. The molecule has 116 valence electrons. The summed E-state index contributed by atoms with van der Waals surface area (Å²) in [5.41, 5.74) is 0. The van der Waals surface area contributed by atoms with Gasteiger partial charge in [0.05, 0.1) is 17.6 Å². The van der Waals surface area contributed by atoms with Crippen LogP contribution >= 0.6 is 18.0 Å². The second-order valence-corrected chi connectivity index (χ2v) is 9.68. The minimum atomic E-state index is -3.27. The first-order valence-electron chi connectivity index (χ1n) is 6.37. The van der Waals surface area contributed by atoms with E-state index in [1.54, 1.807) is 0 Å². The zero-order chi connectivity index (χ0) is 15.2. The van der Waals surface area contributed by atoms with Crippen LogP contribution in [0.25, 0.3) is 0 Å². The van der Waals surface area contributed by atoms with Crippen LogP contribution in [0.2, 0.25) is 0 Å². The minimum Gasteiger partial charge on any atom is -0.481 e. The highest BCUT2D eigenvalue weighted by molar-refractivity contribution is 8.55. The normalized spacial score (nSPS) is 23.8. The molecular weight excluding hydrogens is 307 g/mol. The van der Waals surface area contributed by atoms with Crippen molar-refractivity contribution in [1.82, 2.24) is 0 Å². The van der Waals surface area contributed by atoms with Crippen molar-refractivity contribution in [2.75, 3.05) is 12.8 Å². The lowest BCUT2D eigenvalue weighted by molar-refractivity contribution is -0.142. The van der Waals surface area contributed by atoms with Crippen molar-refractivity contribution in [3.05, 3.63) is 0 Å². The Kier molecular flexibility index (Phi) is 7.02. The molecule has 0 amide bonds. The molecule has 1 aliphatic rings. The number of carboxylic acids is 2. The van der Waals surface area contributed by atoms with E-state index in [2.05, 4.69) is 0 Å². The van der Waals surface area contributed by atoms with Crippen LogP contribution in [-0.4, -0.2) is 45.3 Å². The van der Waals surface area contributed by atoms with Crippen LogP contribution in [0.4, 0.5) is 0 Å². The second kappa shape index (κ2) is 8.02. The Morgan fingerprint density at radius 3 is 2.50 bits per heavy atom. The molecule has 0 aromatic rings. The van der Waals surface area contributed by atoms with Crippen molar-refractivity contribution < 1.29 is 33.7 Å². The quantitative estimate of drug-likeness (QED) is 0.459. The summed E-state index contributed by atoms with van der Waals surface area (Å²) in [6, 6.07) is 0. The first-order valence-corrected chi connectivity index (χ1v) is 9.71. The summed E-state index contributed by atoms with van der Waals surface area (Å²) in [5, 5.41) is 17.7. The van der Waals surface area contributed by atoms with Crippen LogP contribution in [-0.2, 0) is 18.9 Å². The molecule has 7 nitrogen and oxygen atoms in total. The summed E-state index contributed by atoms with van der Waals surface area (Å²) in [6.45, 7) is 0.447. The second-order valence-electron chi connectivity index (χ2n) is 4.78. The van der Waals surface area contributed by atoms with Gasteiger partial charge in [0.1, 0.15) is 5.85 Å². The molecule has 3 atom stereocenters. The predicted octanol–water partition coefficient (Wildman–Crippen LogP) is 2.56. The molecule has 20 heavy (non-hydrogen) atoms. The molecule has 9 heteroatoms. The fourth-order valence-corrected chi connectivity index (χ4v) is 5.96. The van der Waals surface area contributed by atoms with E-state index in [9.17, 15) is 18.7 Å². The predicted molar refractivity (Wildman–Crippen MR) is 74.3 cm³/mol. The van der Waals surface area contributed by atoms with Gasteiger partial charge in [-0.25, -0.2) is 0 Å². The van der Waals surface area contributed by atoms with E-state index in [0.717, 1.165) is 12.8 Å². The molecule has 0 aromatic heterocycles. The van der Waals surface area contributed by atoms with E-state index in [0.29, 0.717) is 13.0 Å². The van der Waals surface area contributed by atoms with Crippen LogP contribution in [0, 0.1) is 5.92 Å². The first kappa shape index (κ1) is 17.5. The van der Waals surface area contributed by atoms with E-state index in [1.807, 2.05) is 0 Å². The third-order valence-corrected chi connectivity index (χ3v) is 7.76. The summed E-state index contributed by atoms with van der Waals surface area (Å²) >= 11 is 0.179. The lowest BCUT2D eigenvalue weighted by atomic mass is 10.1. The van der Waals surface area contributed by atoms with Crippen molar-refractivity contribution in [3.8, 4) is 0 Å². The summed E-state index contributed by atoms with van der Waals surface area (Å²) in [4.78, 5) is 21.7. The van der Waals surface area contributed by atoms with Crippen molar-refractivity contribution in [1.29, 1.82) is 0 Å². The molecule has 0 aromatic carbocycles. The minimum absolute atomic E-state index is 0.109. The van der Waals surface area contributed by atoms with Crippen molar-refractivity contribution in [3.63, 3.8) is 0 Å². The average molecular weight is 326 g/mol. The van der Waals surface area contributed by atoms with Crippen molar-refractivity contribution in [2.24, 2.45) is 5.92 Å². The maximum atomic E-state index is 12.7. The third-order valence-electron chi connectivity index (χ3n) is 3.26. The maximum Gasteiger partial charge on any atom is 0.307 e. The monoisotopic (exact) mass is 326 g/mol. The van der Waals surface area contributed by atoms with Gasteiger partial charge >= 0.3 is 11.9 Å². The highest BCUT2D eigenvalue weighted by Gasteiger charge is 2.40. The van der Waals surface area contributed by atoms with Gasteiger partial charge < -0.3 is 24.1 Å². The lowest BCUT2D eigenvalue weighted by Crippen LogP contribution is -2.25. The molecule has 0 radical (unpaired) electrons. The Labute approximate surface area is 121 Å². The SMILES string of the molecule is O=C(O)CCC(CP(=O)(SO)C1CCCCO1)C(=O)O. The molecule has 3 unspecified atom stereocenters. The van der Waals surface area contributed by atoms with E-state index in [-0.39, 0.29) is 30.7 Å². The smallest absolute Gasteiger partial charge is 0.307 e. The number of carboxylic acid groups (broad SMARTS) is 2. The number of ether oxygens (including phenoxy) is 1. The fourth-order valence-electron chi connectivity index (χ4n) is 2.14. The molecule has 1 saturated heterocycles. The van der Waals surface area contributed by atoms with Crippen LogP contribution in [0.15, 0.2) is 0 Å². The molecule has 0 bridgehead atoms. The number of rotatable bonds is 8. The van der Waals surface area contributed by atoms with Gasteiger partial charge in [-0.1, -0.05) is 0 Å². The number of hydrogen-bond donors (Lipinski definition) is 3. The zero-order valence-corrected chi connectivity index (χ0v) is 12.6. The number of hydrogen-bond acceptors (Lipinski definition) is 6. The molecule has 0 aliphatic carbocycles. The fraction of sp³-hybridized carbons (Fsp3) is 0.818. The standard InChI is InChI=1S/C11H19O7PS/c12-9(13)5-4-8(11(14)15)7-19(16,20-17)10-3-1-2-6-18-10/h8,10,17H,1-7H2,(H,12,13)(H,14,15). The van der Waals surface area contributed by atoms with Crippen LogP contribution in [0.1, 0.15) is 32.1 Å². The zero-order valence-electron chi connectivity index (χ0n) is 10.9. The van der Waals surface area contributed by atoms with Crippen molar-refractivity contribution in [2.45, 2.75) is 37.9 Å². The molecule has 1 heterocycles. The van der Waals surface area contributed by atoms with E-state index < -0.39 is 30.0 Å². The summed E-state index contributed by atoms with van der Waals surface area (Å²) < 4.78 is 27.4. The summed E-state index contributed by atoms with van der Waals surface area (Å²) in [5.74, 6) is -3.99. The third kappa shape index (κ3) is 5.09. The Hall–Kier alpha value is -0.560. The first-order chi connectivity index (χ1) is 9.39. The van der Waals surface area contributed by atoms with Crippen LogP contribution in [0.3, 0.4) is 0 Å². The topological polar surface area (TPSA) is 121 Å². The Balaban J connectivity index is 2.73. The molecule has 0 spiro atoms. The molecule has 1 fully saturated rings. The molecule has 3 N–H and O–H groups in total. The van der Waals surface area contributed by atoms with Gasteiger partial charge in [-0.2, -0.15) is 0 Å². The number of carbonyl (C=O) groups is 2. The van der Waals surface area contributed by atoms with E-state index in [4.69, 9.17) is 14.9 Å². The number of aliphatic carboxylic acids is 2. The van der Waals surface area contributed by atoms with E-state index >= 15 is 0 Å². The highest BCUT2D eigenvalue weighted by atomic mass is 32.7. The van der Waals surface area contributed by atoms with Gasteiger partial charge in [-0.15, -0.1) is 0 Å². The maximum absolute atomic E-state index is 12.7. The Morgan fingerprint density at radius 1 is 1.35 bits per heavy atom. The van der Waals surface area contributed by atoms with Gasteiger partial charge in [-0.05, 0) is 25.7 Å². The Bertz CT molecular complexity index is 394. The van der Waals surface area contributed by atoms with Gasteiger partial charge in [0.2, 0.25) is 0 Å². The molecule has 1 aliphatic heterocycles. The van der Waals surface area contributed by atoms with Crippen LogP contribution < -0.4 is 0 Å². The molecule has 1 rings (SSSR count). The van der Waals surface area contributed by atoms with Crippen molar-refractivity contribution >= 4 is 29.9 Å². The van der Waals surface area contributed by atoms with Gasteiger partial charge in [0.25, 0.3) is 0 Å². The van der Waals surface area contributed by atoms with Gasteiger partial charge in [-0.3, -0.25) is 9.59 Å². The van der Waals surface area contributed by atoms with Crippen LogP contribution in [0.5, 0.6) is 0 Å². The molecule has 0 saturated carbocycles. The van der Waals surface area contributed by atoms with E-state index in [1.165, 1.54) is 0 Å². The lowest BCUT2D eigenvalue weighted by Gasteiger charge is -2.30. The van der Waals surface area contributed by atoms with Gasteiger partial charge in [0.15, 0.2) is 6.34 Å². The summed E-state index contributed by atoms with van der Waals surface area (Å²) in [6.07, 6.45) is -1.73. The summed E-state index contributed by atoms with van der Waals surface area (Å²) in [7, 11) is 0.